The summed E-state index contributed by atoms with van der Waals surface area (Å²) >= 11 is 0. The van der Waals surface area contributed by atoms with Gasteiger partial charge in [-0.05, 0) is 54.4 Å². The molecule has 0 atom stereocenters. The van der Waals surface area contributed by atoms with Gasteiger partial charge in [-0.1, -0.05) is 12.1 Å². The molecule has 1 amide bonds. The number of pyridine rings is 1. The molecule has 0 aliphatic heterocycles. The molecule has 7 nitrogen and oxygen atoms in total. The van der Waals surface area contributed by atoms with Crippen LogP contribution in [0.4, 0.5) is 11.5 Å². The summed E-state index contributed by atoms with van der Waals surface area (Å²) in [5.41, 5.74) is 2.28. The van der Waals surface area contributed by atoms with Crippen molar-refractivity contribution < 1.29 is 19.0 Å². The fourth-order valence-corrected chi connectivity index (χ4v) is 2.88. The molecule has 2 aromatic carbocycles. The maximum Gasteiger partial charge on any atom is 0.255 e. The summed E-state index contributed by atoms with van der Waals surface area (Å²) in [6.45, 7) is 0.747. The topological polar surface area (TPSA) is 81.7 Å². The van der Waals surface area contributed by atoms with Crippen molar-refractivity contribution in [3.05, 3.63) is 71.9 Å². The first-order valence-electron chi connectivity index (χ1n) is 9.49. The first kappa shape index (κ1) is 21.0. The molecule has 2 N–H and O–H groups in total. The molecular formula is C23H25N3O4. The Bertz CT molecular complexity index is 973. The van der Waals surface area contributed by atoms with Crippen LogP contribution in [-0.2, 0) is 6.42 Å². The summed E-state index contributed by atoms with van der Waals surface area (Å²) < 4.78 is 15.6. The number of ether oxygens (including phenoxy) is 3. The Hall–Kier alpha value is -3.74. The van der Waals surface area contributed by atoms with Crippen LogP contribution in [0.2, 0.25) is 0 Å². The van der Waals surface area contributed by atoms with E-state index in [4.69, 9.17) is 14.2 Å². The molecule has 3 aromatic rings. The Morgan fingerprint density at radius 1 is 0.900 bits per heavy atom. The Labute approximate surface area is 176 Å². The Morgan fingerprint density at radius 2 is 1.67 bits per heavy atom. The Morgan fingerprint density at radius 3 is 2.30 bits per heavy atom. The van der Waals surface area contributed by atoms with Crippen molar-refractivity contribution in [2.75, 3.05) is 38.5 Å². The molecule has 0 aliphatic carbocycles. The maximum absolute atomic E-state index is 12.5. The number of benzene rings is 2. The van der Waals surface area contributed by atoms with Crippen molar-refractivity contribution in [3.63, 3.8) is 0 Å². The molecule has 3 rings (SSSR count). The SMILES string of the molecule is COc1ccc(CCNc2ccc(NC(=O)c3ccc(OC)c(OC)c3)cn2)cc1. The molecular weight excluding hydrogens is 382 g/mol. The molecule has 0 fully saturated rings. The molecule has 1 heterocycles. The van der Waals surface area contributed by atoms with E-state index >= 15 is 0 Å². The monoisotopic (exact) mass is 407 g/mol. The van der Waals surface area contributed by atoms with E-state index in [1.807, 2.05) is 30.3 Å². The lowest BCUT2D eigenvalue weighted by molar-refractivity contribution is 0.102. The van der Waals surface area contributed by atoms with Gasteiger partial charge in [-0.15, -0.1) is 0 Å². The molecule has 0 spiro atoms. The van der Waals surface area contributed by atoms with E-state index in [9.17, 15) is 4.79 Å². The molecule has 0 aliphatic rings. The number of hydrogen-bond donors (Lipinski definition) is 2. The smallest absolute Gasteiger partial charge is 0.255 e. The lowest BCUT2D eigenvalue weighted by Crippen LogP contribution is -2.12. The largest absolute Gasteiger partial charge is 0.497 e. The Balaban J connectivity index is 1.53. The second-order valence-electron chi connectivity index (χ2n) is 6.48. The fourth-order valence-electron chi connectivity index (χ4n) is 2.88. The highest BCUT2D eigenvalue weighted by atomic mass is 16.5. The van der Waals surface area contributed by atoms with Gasteiger partial charge in [-0.3, -0.25) is 4.79 Å². The van der Waals surface area contributed by atoms with Crippen LogP contribution in [0.25, 0.3) is 0 Å². The van der Waals surface area contributed by atoms with Gasteiger partial charge in [0.15, 0.2) is 11.5 Å². The van der Waals surface area contributed by atoms with Gasteiger partial charge in [0.25, 0.3) is 5.91 Å². The number of anilines is 2. The number of carbonyl (C=O) groups is 1. The third kappa shape index (κ3) is 5.41. The van der Waals surface area contributed by atoms with Gasteiger partial charge in [0.2, 0.25) is 0 Å². The van der Waals surface area contributed by atoms with Crippen molar-refractivity contribution in [3.8, 4) is 17.2 Å². The average molecular weight is 407 g/mol. The van der Waals surface area contributed by atoms with Gasteiger partial charge in [0.1, 0.15) is 11.6 Å². The zero-order chi connectivity index (χ0) is 21.3. The summed E-state index contributed by atoms with van der Waals surface area (Å²) in [6, 6.07) is 16.6. The third-order valence-electron chi connectivity index (χ3n) is 4.55. The lowest BCUT2D eigenvalue weighted by atomic mass is 10.1. The van der Waals surface area contributed by atoms with Crippen LogP contribution in [0.15, 0.2) is 60.8 Å². The highest BCUT2D eigenvalue weighted by molar-refractivity contribution is 6.04. The number of nitrogens with zero attached hydrogens (tertiary/aromatic N) is 1. The first-order valence-corrected chi connectivity index (χ1v) is 9.49. The van der Waals surface area contributed by atoms with Crippen molar-refractivity contribution in [1.82, 2.24) is 4.98 Å². The molecule has 0 unspecified atom stereocenters. The van der Waals surface area contributed by atoms with Crippen molar-refractivity contribution in [2.45, 2.75) is 6.42 Å². The number of rotatable bonds is 9. The first-order chi connectivity index (χ1) is 14.6. The van der Waals surface area contributed by atoms with E-state index in [-0.39, 0.29) is 5.91 Å². The summed E-state index contributed by atoms with van der Waals surface area (Å²) in [4.78, 5) is 16.8. The molecule has 0 saturated carbocycles. The predicted molar refractivity (Wildman–Crippen MR) is 117 cm³/mol. The molecule has 0 bridgehead atoms. The molecule has 1 aromatic heterocycles. The van der Waals surface area contributed by atoms with Crippen molar-refractivity contribution >= 4 is 17.4 Å². The van der Waals surface area contributed by atoms with E-state index in [0.717, 1.165) is 24.5 Å². The molecule has 0 saturated heterocycles. The van der Waals surface area contributed by atoms with Crippen LogP contribution in [0.3, 0.4) is 0 Å². The number of methoxy groups -OCH3 is 3. The summed E-state index contributed by atoms with van der Waals surface area (Å²) in [7, 11) is 4.74. The third-order valence-corrected chi connectivity index (χ3v) is 4.55. The van der Waals surface area contributed by atoms with E-state index in [1.54, 1.807) is 44.7 Å². The van der Waals surface area contributed by atoms with E-state index < -0.39 is 0 Å². The normalized spacial score (nSPS) is 10.2. The number of amides is 1. The number of carbonyl (C=O) groups excluding carboxylic acids is 1. The minimum Gasteiger partial charge on any atom is -0.497 e. The highest BCUT2D eigenvalue weighted by Gasteiger charge is 2.11. The highest BCUT2D eigenvalue weighted by Crippen LogP contribution is 2.27. The quantitative estimate of drug-likeness (QED) is 0.558. The van der Waals surface area contributed by atoms with Crippen LogP contribution in [0.5, 0.6) is 17.2 Å². The van der Waals surface area contributed by atoms with Crippen LogP contribution in [0, 0.1) is 0 Å². The van der Waals surface area contributed by atoms with Gasteiger partial charge in [-0.25, -0.2) is 4.98 Å². The molecule has 30 heavy (non-hydrogen) atoms. The second-order valence-corrected chi connectivity index (χ2v) is 6.48. The van der Waals surface area contributed by atoms with Crippen molar-refractivity contribution in [1.29, 1.82) is 0 Å². The van der Waals surface area contributed by atoms with Crippen molar-refractivity contribution in [2.24, 2.45) is 0 Å². The number of hydrogen-bond acceptors (Lipinski definition) is 6. The lowest BCUT2D eigenvalue weighted by Gasteiger charge is -2.10. The van der Waals surface area contributed by atoms with E-state index in [1.165, 1.54) is 12.7 Å². The molecule has 156 valence electrons. The number of aromatic nitrogens is 1. The zero-order valence-electron chi connectivity index (χ0n) is 17.3. The minimum atomic E-state index is -0.252. The molecule has 0 radical (unpaired) electrons. The van der Waals surface area contributed by atoms with Gasteiger partial charge in [0.05, 0.1) is 33.2 Å². The minimum absolute atomic E-state index is 0.252. The summed E-state index contributed by atoms with van der Waals surface area (Å²) in [6.07, 6.45) is 2.48. The van der Waals surface area contributed by atoms with Gasteiger partial charge < -0.3 is 24.8 Å². The van der Waals surface area contributed by atoms with Crippen LogP contribution < -0.4 is 24.8 Å². The maximum atomic E-state index is 12.5. The van der Waals surface area contributed by atoms with E-state index in [2.05, 4.69) is 15.6 Å². The summed E-state index contributed by atoms with van der Waals surface area (Å²) in [5.74, 6) is 2.41. The predicted octanol–water partition coefficient (Wildman–Crippen LogP) is 4.01. The number of nitrogens with one attached hydrogen (secondary N) is 2. The summed E-state index contributed by atoms with van der Waals surface area (Å²) in [5, 5.41) is 6.11. The van der Waals surface area contributed by atoms with Crippen LogP contribution in [0.1, 0.15) is 15.9 Å². The standard InChI is InChI=1S/C23H25N3O4/c1-28-19-8-4-16(5-9-19)12-13-24-22-11-7-18(15-25-22)26-23(27)17-6-10-20(29-2)21(14-17)30-3/h4-11,14-15H,12-13H2,1-3H3,(H,24,25)(H,26,27). The average Bonchev–Trinajstić information content (AvgIpc) is 2.80. The molecule has 7 heteroatoms. The second kappa shape index (κ2) is 10.2. The van der Waals surface area contributed by atoms with Gasteiger partial charge in [-0.2, -0.15) is 0 Å². The van der Waals surface area contributed by atoms with Crippen LogP contribution >= 0.6 is 0 Å². The zero-order valence-corrected chi connectivity index (χ0v) is 17.3. The fraction of sp³-hybridized carbons (Fsp3) is 0.217. The Kier molecular flexibility index (Phi) is 7.10. The van der Waals surface area contributed by atoms with Gasteiger partial charge in [0, 0.05) is 12.1 Å². The van der Waals surface area contributed by atoms with Crippen LogP contribution in [-0.4, -0.2) is 38.8 Å². The van der Waals surface area contributed by atoms with Gasteiger partial charge >= 0.3 is 0 Å². The van der Waals surface area contributed by atoms with E-state index in [0.29, 0.717) is 22.7 Å².